The Kier molecular flexibility index (Phi) is 5.47. The van der Waals surface area contributed by atoms with E-state index in [1.807, 2.05) is 29.2 Å². The summed E-state index contributed by atoms with van der Waals surface area (Å²) >= 11 is 0. The third-order valence-electron chi connectivity index (χ3n) is 6.62. The molecule has 1 saturated heterocycles. The van der Waals surface area contributed by atoms with Crippen LogP contribution >= 0.6 is 0 Å². The molecular weight excluding hydrogens is 420 g/mol. The van der Waals surface area contributed by atoms with Crippen LogP contribution in [-0.4, -0.2) is 67.1 Å². The molecule has 5 rings (SSSR count). The molecule has 3 aromatic rings. The molecule has 3 aromatic heterocycles. The monoisotopic (exact) mass is 448 g/mol. The molecule has 0 spiro atoms. The second-order valence-electron chi connectivity index (χ2n) is 8.77. The van der Waals surface area contributed by atoms with E-state index in [1.165, 1.54) is 0 Å². The van der Waals surface area contributed by atoms with Crippen molar-refractivity contribution < 1.29 is 9.59 Å². The Hall–Kier alpha value is -3.49. The highest BCUT2D eigenvalue weighted by atomic mass is 16.2. The molecule has 1 fully saturated rings. The van der Waals surface area contributed by atoms with E-state index in [9.17, 15) is 14.4 Å². The molecule has 0 aromatic carbocycles. The lowest BCUT2D eigenvalue weighted by molar-refractivity contribution is 0.0530. The third kappa shape index (κ3) is 3.81. The molecular formula is C24H28N6O3. The second-order valence-corrected chi connectivity index (χ2v) is 8.77. The van der Waals surface area contributed by atoms with Gasteiger partial charge in [0.2, 0.25) is 5.43 Å². The standard InChI is InChI=1S/C24H28N6O3/c1-3-27-15-19(21(31)18-8-7-16(2)25-22(18)27)23(32)28-10-12-29(13-11-28)24(33)20-14-17-6-4-5-9-30(17)26-20/h7-8,14-15H,3-6,9-13H2,1-2H3. The Morgan fingerprint density at radius 2 is 1.73 bits per heavy atom. The molecule has 0 radical (unpaired) electrons. The van der Waals surface area contributed by atoms with Crippen LogP contribution < -0.4 is 5.43 Å². The van der Waals surface area contributed by atoms with E-state index in [0.29, 0.717) is 49.5 Å². The maximum Gasteiger partial charge on any atom is 0.274 e. The Morgan fingerprint density at radius 1 is 1.00 bits per heavy atom. The van der Waals surface area contributed by atoms with Gasteiger partial charge in [0.1, 0.15) is 11.2 Å². The molecule has 0 atom stereocenters. The first kappa shape index (κ1) is 21.4. The Labute approximate surface area is 191 Å². The van der Waals surface area contributed by atoms with Gasteiger partial charge in [0, 0.05) is 56.9 Å². The molecule has 0 aliphatic carbocycles. The van der Waals surface area contributed by atoms with E-state index in [0.717, 1.165) is 37.2 Å². The maximum absolute atomic E-state index is 13.3. The summed E-state index contributed by atoms with van der Waals surface area (Å²) in [5.74, 6) is -0.390. The van der Waals surface area contributed by atoms with Gasteiger partial charge in [-0.2, -0.15) is 5.10 Å². The van der Waals surface area contributed by atoms with Crippen LogP contribution in [0.1, 0.15) is 52.0 Å². The number of rotatable bonds is 3. The summed E-state index contributed by atoms with van der Waals surface area (Å²) in [6.45, 7) is 6.91. The zero-order valence-electron chi connectivity index (χ0n) is 19.1. The van der Waals surface area contributed by atoms with Crippen LogP contribution in [-0.2, 0) is 19.5 Å². The Bertz CT molecular complexity index is 1280. The van der Waals surface area contributed by atoms with Gasteiger partial charge in [0.15, 0.2) is 5.69 Å². The van der Waals surface area contributed by atoms with Crippen molar-refractivity contribution in [3.63, 3.8) is 0 Å². The zero-order chi connectivity index (χ0) is 23.1. The largest absolute Gasteiger partial charge is 0.335 e. The summed E-state index contributed by atoms with van der Waals surface area (Å²) < 4.78 is 3.78. The van der Waals surface area contributed by atoms with Crippen molar-refractivity contribution in [2.45, 2.75) is 46.2 Å². The van der Waals surface area contributed by atoms with Crippen molar-refractivity contribution in [2.75, 3.05) is 26.2 Å². The molecule has 33 heavy (non-hydrogen) atoms. The average molecular weight is 449 g/mol. The van der Waals surface area contributed by atoms with E-state index in [2.05, 4.69) is 10.1 Å². The lowest BCUT2D eigenvalue weighted by Crippen LogP contribution is -2.51. The molecule has 0 saturated carbocycles. The lowest BCUT2D eigenvalue weighted by atomic mass is 10.1. The fraction of sp³-hybridized carbons (Fsp3) is 0.458. The zero-order valence-corrected chi connectivity index (χ0v) is 19.1. The fourth-order valence-corrected chi connectivity index (χ4v) is 4.72. The molecule has 9 nitrogen and oxygen atoms in total. The van der Waals surface area contributed by atoms with E-state index < -0.39 is 0 Å². The van der Waals surface area contributed by atoms with Crippen LogP contribution in [0.4, 0.5) is 0 Å². The number of hydrogen-bond donors (Lipinski definition) is 0. The number of pyridine rings is 2. The molecule has 0 bridgehead atoms. The lowest BCUT2D eigenvalue weighted by Gasteiger charge is -2.34. The fourth-order valence-electron chi connectivity index (χ4n) is 4.72. The van der Waals surface area contributed by atoms with Gasteiger partial charge in [-0.15, -0.1) is 0 Å². The van der Waals surface area contributed by atoms with Gasteiger partial charge in [-0.1, -0.05) is 0 Å². The molecule has 2 aliphatic rings. The van der Waals surface area contributed by atoms with Gasteiger partial charge >= 0.3 is 0 Å². The van der Waals surface area contributed by atoms with Crippen molar-refractivity contribution >= 4 is 22.8 Å². The number of hydrogen-bond acceptors (Lipinski definition) is 5. The van der Waals surface area contributed by atoms with E-state index in [1.54, 1.807) is 28.1 Å². The predicted molar refractivity (Wildman–Crippen MR) is 123 cm³/mol. The number of carbonyl (C=O) groups excluding carboxylic acids is 2. The number of aromatic nitrogens is 4. The summed E-state index contributed by atoms with van der Waals surface area (Å²) in [6.07, 6.45) is 4.79. The molecule has 2 amide bonds. The van der Waals surface area contributed by atoms with Crippen molar-refractivity contribution in [3.8, 4) is 0 Å². The minimum absolute atomic E-state index is 0.0931. The van der Waals surface area contributed by atoms with Gasteiger partial charge < -0.3 is 14.4 Å². The van der Waals surface area contributed by atoms with Crippen LogP contribution in [0.25, 0.3) is 11.0 Å². The molecule has 5 heterocycles. The van der Waals surface area contributed by atoms with Gasteiger partial charge in [-0.3, -0.25) is 19.1 Å². The van der Waals surface area contributed by atoms with Crippen molar-refractivity contribution in [2.24, 2.45) is 0 Å². The number of amides is 2. The Balaban J connectivity index is 1.33. The summed E-state index contributed by atoms with van der Waals surface area (Å²) in [5.41, 5.74) is 2.87. The molecule has 2 aliphatic heterocycles. The van der Waals surface area contributed by atoms with Crippen molar-refractivity contribution in [3.05, 3.63) is 57.3 Å². The first-order valence-corrected chi connectivity index (χ1v) is 11.6. The number of aryl methyl sites for hydroxylation is 4. The van der Waals surface area contributed by atoms with Gasteiger partial charge in [-0.25, -0.2) is 4.98 Å². The predicted octanol–water partition coefficient (Wildman–Crippen LogP) is 1.86. The highest BCUT2D eigenvalue weighted by molar-refractivity contribution is 5.97. The van der Waals surface area contributed by atoms with E-state index in [4.69, 9.17) is 0 Å². The maximum atomic E-state index is 13.3. The average Bonchev–Trinajstić information content (AvgIpc) is 3.28. The molecule has 9 heteroatoms. The van der Waals surface area contributed by atoms with Crippen LogP contribution in [0.2, 0.25) is 0 Å². The summed E-state index contributed by atoms with van der Waals surface area (Å²) in [6, 6.07) is 5.43. The number of carbonyl (C=O) groups is 2. The quantitative estimate of drug-likeness (QED) is 0.610. The van der Waals surface area contributed by atoms with Crippen LogP contribution in [0.5, 0.6) is 0 Å². The van der Waals surface area contributed by atoms with Crippen LogP contribution in [0.15, 0.2) is 29.2 Å². The first-order chi connectivity index (χ1) is 16.0. The Morgan fingerprint density at radius 3 is 2.42 bits per heavy atom. The van der Waals surface area contributed by atoms with E-state index >= 15 is 0 Å². The van der Waals surface area contributed by atoms with Crippen molar-refractivity contribution in [1.82, 2.24) is 29.1 Å². The summed E-state index contributed by atoms with van der Waals surface area (Å²) in [7, 11) is 0. The highest BCUT2D eigenvalue weighted by Crippen LogP contribution is 2.18. The second kappa shape index (κ2) is 8.46. The van der Waals surface area contributed by atoms with Gasteiger partial charge in [0.05, 0.1) is 5.39 Å². The number of nitrogens with zero attached hydrogens (tertiary/aromatic N) is 6. The minimum Gasteiger partial charge on any atom is -0.335 e. The number of fused-ring (bicyclic) bond motifs is 2. The molecule has 0 N–H and O–H groups in total. The SMILES string of the molecule is CCn1cc(C(=O)N2CCN(C(=O)c3cc4n(n3)CCCC4)CC2)c(=O)c2ccc(C)nc21. The molecule has 0 unspecified atom stereocenters. The minimum atomic E-state index is -0.297. The highest BCUT2D eigenvalue weighted by Gasteiger charge is 2.29. The smallest absolute Gasteiger partial charge is 0.274 e. The number of piperazine rings is 1. The third-order valence-corrected chi connectivity index (χ3v) is 6.62. The normalized spacial score (nSPS) is 16.2. The van der Waals surface area contributed by atoms with Gasteiger partial charge in [0.25, 0.3) is 11.8 Å². The first-order valence-electron chi connectivity index (χ1n) is 11.6. The van der Waals surface area contributed by atoms with E-state index in [-0.39, 0.29) is 22.8 Å². The molecule has 172 valence electrons. The van der Waals surface area contributed by atoms with Gasteiger partial charge in [-0.05, 0) is 51.3 Å². The van der Waals surface area contributed by atoms with Crippen LogP contribution in [0, 0.1) is 6.92 Å². The summed E-state index contributed by atoms with van der Waals surface area (Å²) in [5, 5.41) is 4.94. The summed E-state index contributed by atoms with van der Waals surface area (Å²) in [4.78, 5) is 47.2. The topological polar surface area (TPSA) is 93.3 Å². The van der Waals surface area contributed by atoms with Crippen LogP contribution in [0.3, 0.4) is 0 Å². The van der Waals surface area contributed by atoms with Crippen molar-refractivity contribution in [1.29, 1.82) is 0 Å².